The van der Waals surface area contributed by atoms with Crippen LogP contribution in [0.2, 0.25) is 0 Å². The van der Waals surface area contributed by atoms with E-state index in [-0.39, 0.29) is 13.0 Å². The standard InChI is InChI=1S/C12H20N2O4/c1-5-7-8-12(9-13,10(15)18-6-2)11(3,4)14(16)17/h5-8H2,1-4H3. The third-order valence-corrected chi connectivity index (χ3v) is 3.22. The second-order valence-corrected chi connectivity index (χ2v) is 4.66. The number of carbonyl (C=O) groups is 1. The van der Waals surface area contributed by atoms with Gasteiger partial charge in [0.05, 0.1) is 12.7 Å². The summed E-state index contributed by atoms with van der Waals surface area (Å²) in [7, 11) is 0. The highest BCUT2D eigenvalue weighted by atomic mass is 16.6. The zero-order valence-corrected chi connectivity index (χ0v) is 11.4. The zero-order chi connectivity index (χ0) is 14.4. The second kappa shape index (κ2) is 6.34. The summed E-state index contributed by atoms with van der Waals surface area (Å²) < 4.78 is 4.87. The molecule has 0 aromatic heterocycles. The van der Waals surface area contributed by atoms with Crippen molar-refractivity contribution in [2.24, 2.45) is 5.41 Å². The SMILES string of the molecule is CCCCC(C#N)(C(=O)OCC)C(C)(C)[N+](=O)[O-]. The Morgan fingerprint density at radius 1 is 1.44 bits per heavy atom. The average Bonchev–Trinajstić information content (AvgIpc) is 2.30. The van der Waals surface area contributed by atoms with Crippen LogP contribution in [0.4, 0.5) is 0 Å². The number of nitriles is 1. The molecule has 0 rings (SSSR count). The van der Waals surface area contributed by atoms with E-state index in [9.17, 15) is 20.2 Å². The Balaban J connectivity index is 5.58. The lowest BCUT2D eigenvalue weighted by Gasteiger charge is -2.32. The number of esters is 1. The largest absolute Gasteiger partial charge is 0.465 e. The molecule has 0 spiro atoms. The molecule has 6 nitrogen and oxygen atoms in total. The maximum Gasteiger partial charge on any atom is 0.333 e. The van der Waals surface area contributed by atoms with E-state index in [4.69, 9.17) is 4.74 Å². The molecule has 0 bridgehead atoms. The molecular formula is C12H20N2O4. The van der Waals surface area contributed by atoms with E-state index in [0.29, 0.717) is 6.42 Å². The van der Waals surface area contributed by atoms with Crippen LogP contribution >= 0.6 is 0 Å². The van der Waals surface area contributed by atoms with Crippen molar-refractivity contribution in [3.05, 3.63) is 10.1 Å². The lowest BCUT2D eigenvalue weighted by Crippen LogP contribution is -2.54. The Morgan fingerprint density at radius 2 is 2.00 bits per heavy atom. The minimum Gasteiger partial charge on any atom is -0.465 e. The molecule has 0 saturated heterocycles. The fourth-order valence-corrected chi connectivity index (χ4v) is 1.75. The van der Waals surface area contributed by atoms with Crippen LogP contribution in [0.15, 0.2) is 0 Å². The first kappa shape index (κ1) is 16.4. The number of hydrogen-bond acceptors (Lipinski definition) is 5. The summed E-state index contributed by atoms with van der Waals surface area (Å²) in [6, 6.07) is 1.84. The fraction of sp³-hybridized carbons (Fsp3) is 0.833. The third kappa shape index (κ3) is 2.78. The summed E-state index contributed by atoms with van der Waals surface area (Å²) in [5.41, 5.74) is -3.41. The summed E-state index contributed by atoms with van der Waals surface area (Å²) in [5, 5.41) is 20.5. The van der Waals surface area contributed by atoms with E-state index in [1.807, 2.05) is 13.0 Å². The molecular weight excluding hydrogens is 236 g/mol. The second-order valence-electron chi connectivity index (χ2n) is 4.66. The Labute approximate surface area is 107 Å². The monoisotopic (exact) mass is 256 g/mol. The molecule has 0 aromatic rings. The minimum absolute atomic E-state index is 0.0994. The van der Waals surface area contributed by atoms with Gasteiger partial charge in [0.25, 0.3) is 0 Å². The molecule has 0 radical (unpaired) electrons. The van der Waals surface area contributed by atoms with Crippen LogP contribution in [-0.4, -0.2) is 23.0 Å². The molecule has 0 N–H and O–H groups in total. The Morgan fingerprint density at radius 3 is 2.33 bits per heavy atom. The summed E-state index contributed by atoms with van der Waals surface area (Å²) >= 11 is 0. The van der Waals surface area contributed by atoms with Crippen molar-refractivity contribution in [1.29, 1.82) is 5.26 Å². The molecule has 1 atom stereocenters. The van der Waals surface area contributed by atoms with E-state index in [1.54, 1.807) is 6.92 Å². The number of carbonyl (C=O) groups excluding carboxylic acids is 1. The number of hydrogen-bond donors (Lipinski definition) is 0. The molecule has 0 aliphatic carbocycles. The maximum absolute atomic E-state index is 12.0. The molecule has 0 aliphatic rings. The van der Waals surface area contributed by atoms with Crippen molar-refractivity contribution < 1.29 is 14.5 Å². The molecule has 0 amide bonds. The van der Waals surface area contributed by atoms with Gasteiger partial charge in [0, 0.05) is 18.8 Å². The number of nitrogens with zero attached hydrogens (tertiary/aromatic N) is 2. The molecule has 0 aromatic carbocycles. The van der Waals surface area contributed by atoms with Crippen LogP contribution in [0.1, 0.15) is 47.0 Å². The zero-order valence-electron chi connectivity index (χ0n) is 11.4. The number of rotatable bonds is 7. The highest BCUT2D eigenvalue weighted by Crippen LogP contribution is 2.39. The quantitative estimate of drug-likeness (QED) is 0.396. The molecule has 102 valence electrons. The third-order valence-electron chi connectivity index (χ3n) is 3.22. The van der Waals surface area contributed by atoms with Gasteiger partial charge in [-0.05, 0) is 13.3 Å². The van der Waals surface area contributed by atoms with Crippen molar-refractivity contribution in [3.8, 4) is 6.07 Å². The number of nitro groups is 1. The first-order chi connectivity index (χ1) is 8.30. The lowest BCUT2D eigenvalue weighted by molar-refractivity contribution is -0.575. The van der Waals surface area contributed by atoms with Crippen molar-refractivity contribution in [3.63, 3.8) is 0 Å². The van der Waals surface area contributed by atoms with Gasteiger partial charge in [-0.3, -0.25) is 14.9 Å². The van der Waals surface area contributed by atoms with Gasteiger partial charge in [0.1, 0.15) is 0 Å². The first-order valence-corrected chi connectivity index (χ1v) is 6.03. The van der Waals surface area contributed by atoms with Crippen LogP contribution in [0, 0.1) is 26.9 Å². The summed E-state index contributed by atoms with van der Waals surface area (Å²) in [6.07, 6.45) is 1.44. The van der Waals surface area contributed by atoms with Crippen LogP contribution in [0.5, 0.6) is 0 Å². The first-order valence-electron chi connectivity index (χ1n) is 6.03. The van der Waals surface area contributed by atoms with Gasteiger partial charge in [-0.25, -0.2) is 0 Å². The normalized spacial score (nSPS) is 14.4. The lowest BCUT2D eigenvalue weighted by atomic mass is 9.69. The van der Waals surface area contributed by atoms with Crippen LogP contribution in [0.3, 0.4) is 0 Å². The van der Waals surface area contributed by atoms with Gasteiger partial charge in [-0.15, -0.1) is 0 Å². The Bertz CT molecular complexity index is 360. The van der Waals surface area contributed by atoms with Gasteiger partial charge < -0.3 is 4.74 Å². The average molecular weight is 256 g/mol. The topological polar surface area (TPSA) is 93.2 Å². The molecule has 0 aliphatic heterocycles. The van der Waals surface area contributed by atoms with Gasteiger partial charge in [-0.2, -0.15) is 5.26 Å². The molecule has 0 fully saturated rings. The minimum atomic E-state index is -1.73. The van der Waals surface area contributed by atoms with Crippen LogP contribution < -0.4 is 0 Å². The van der Waals surface area contributed by atoms with E-state index >= 15 is 0 Å². The molecule has 0 saturated carbocycles. The number of unbranched alkanes of at least 4 members (excludes halogenated alkanes) is 1. The van der Waals surface area contributed by atoms with Gasteiger partial charge in [-0.1, -0.05) is 19.8 Å². The highest BCUT2D eigenvalue weighted by Gasteiger charge is 2.61. The Kier molecular flexibility index (Phi) is 5.76. The fourth-order valence-electron chi connectivity index (χ4n) is 1.75. The van der Waals surface area contributed by atoms with Gasteiger partial charge >= 0.3 is 5.97 Å². The van der Waals surface area contributed by atoms with Crippen molar-refractivity contribution in [2.75, 3.05) is 6.61 Å². The summed E-state index contributed by atoms with van der Waals surface area (Å²) in [6.45, 7) is 6.19. The van der Waals surface area contributed by atoms with Crippen LogP contribution in [0.25, 0.3) is 0 Å². The predicted molar refractivity (Wildman–Crippen MR) is 65.3 cm³/mol. The van der Waals surface area contributed by atoms with Gasteiger partial charge in [0.15, 0.2) is 0 Å². The van der Waals surface area contributed by atoms with E-state index in [1.165, 1.54) is 13.8 Å². The molecule has 1 unspecified atom stereocenters. The highest BCUT2D eigenvalue weighted by molar-refractivity contribution is 5.81. The summed E-state index contributed by atoms with van der Waals surface area (Å²) in [4.78, 5) is 22.6. The summed E-state index contributed by atoms with van der Waals surface area (Å²) in [5.74, 6) is -0.803. The maximum atomic E-state index is 12.0. The van der Waals surface area contributed by atoms with Gasteiger partial charge in [0.2, 0.25) is 11.0 Å². The Hall–Kier alpha value is -1.64. The molecule has 6 heteroatoms. The molecule has 18 heavy (non-hydrogen) atoms. The van der Waals surface area contributed by atoms with Crippen LogP contribution in [-0.2, 0) is 9.53 Å². The number of ether oxygens (including phenoxy) is 1. The van der Waals surface area contributed by atoms with Crippen molar-refractivity contribution >= 4 is 5.97 Å². The molecule has 0 heterocycles. The smallest absolute Gasteiger partial charge is 0.333 e. The van der Waals surface area contributed by atoms with E-state index < -0.39 is 21.8 Å². The van der Waals surface area contributed by atoms with E-state index in [0.717, 1.165) is 6.42 Å². The predicted octanol–water partition coefficient (Wildman–Crippen LogP) is 2.30. The van der Waals surface area contributed by atoms with E-state index in [2.05, 4.69) is 0 Å². The van der Waals surface area contributed by atoms with Crippen molar-refractivity contribution in [2.45, 2.75) is 52.5 Å². The van der Waals surface area contributed by atoms with Crippen molar-refractivity contribution in [1.82, 2.24) is 0 Å².